The number of hydrogen-bond donors (Lipinski definition) is 1. The van der Waals surface area contributed by atoms with E-state index in [1.54, 1.807) is 0 Å². The van der Waals surface area contributed by atoms with Gasteiger partial charge >= 0.3 is 0 Å². The number of benzene rings is 3. The van der Waals surface area contributed by atoms with Crippen LogP contribution in [0.3, 0.4) is 0 Å². The Hall–Kier alpha value is -3.23. The van der Waals surface area contributed by atoms with Crippen LogP contribution in [0.5, 0.6) is 0 Å². The molecule has 1 N–H and O–H groups in total. The molecular formula is C29H30BrN5OS. The van der Waals surface area contributed by atoms with Gasteiger partial charge in [-0.15, -0.1) is 10.2 Å². The van der Waals surface area contributed by atoms with Crippen molar-refractivity contribution in [2.24, 2.45) is 5.10 Å². The molecule has 0 atom stereocenters. The van der Waals surface area contributed by atoms with Gasteiger partial charge in [-0.25, -0.2) is 5.43 Å². The van der Waals surface area contributed by atoms with Crippen LogP contribution < -0.4 is 5.43 Å². The molecule has 1 amide bonds. The molecule has 4 rings (SSSR count). The molecule has 0 saturated heterocycles. The molecule has 190 valence electrons. The summed E-state index contributed by atoms with van der Waals surface area (Å²) in [6.45, 7) is 10.5. The summed E-state index contributed by atoms with van der Waals surface area (Å²) in [5.41, 5.74) is 8.72. The first-order valence-corrected chi connectivity index (χ1v) is 13.7. The van der Waals surface area contributed by atoms with Crippen molar-refractivity contribution in [2.45, 2.75) is 45.2 Å². The third-order valence-electron chi connectivity index (χ3n) is 5.88. The van der Waals surface area contributed by atoms with E-state index < -0.39 is 0 Å². The number of carbonyl (C=O) groups excluding carboxylic acids is 1. The Labute approximate surface area is 230 Å². The molecule has 8 heteroatoms. The van der Waals surface area contributed by atoms with Crippen LogP contribution in [0.15, 0.2) is 87.5 Å². The van der Waals surface area contributed by atoms with Gasteiger partial charge in [0.25, 0.3) is 5.91 Å². The van der Waals surface area contributed by atoms with Crippen molar-refractivity contribution in [1.82, 2.24) is 20.2 Å². The number of rotatable bonds is 7. The molecule has 3 aromatic carbocycles. The van der Waals surface area contributed by atoms with Gasteiger partial charge in [-0.2, -0.15) is 5.10 Å². The summed E-state index contributed by atoms with van der Waals surface area (Å²) in [6.07, 6.45) is 0. The van der Waals surface area contributed by atoms with Crippen molar-refractivity contribution in [2.75, 3.05) is 5.75 Å². The molecule has 0 aliphatic rings. The van der Waals surface area contributed by atoms with E-state index in [0.29, 0.717) is 5.16 Å². The molecule has 1 aromatic heterocycles. The van der Waals surface area contributed by atoms with Crippen molar-refractivity contribution in [3.63, 3.8) is 0 Å². The molecule has 0 aliphatic heterocycles. The van der Waals surface area contributed by atoms with Gasteiger partial charge < -0.3 is 0 Å². The fourth-order valence-corrected chi connectivity index (χ4v) is 4.67. The highest BCUT2D eigenvalue weighted by Crippen LogP contribution is 2.30. The number of nitrogens with one attached hydrogen (secondary N) is 1. The average Bonchev–Trinajstić information content (AvgIpc) is 3.30. The number of nitrogens with zero attached hydrogens (tertiary/aromatic N) is 4. The standard InChI is InChI=1S/C29H30BrN5OS/c1-19-6-16-25(17-7-19)35-27(22-8-12-23(13-9-22)29(3,4)5)33-34-28(35)37-18-26(36)32-31-20(2)21-10-14-24(30)15-11-21/h6-17H,18H2,1-5H3,(H,32,36). The van der Waals surface area contributed by atoms with E-state index in [2.05, 4.69) is 101 Å². The Morgan fingerprint density at radius 3 is 2.24 bits per heavy atom. The minimum atomic E-state index is -0.212. The number of aryl methyl sites for hydroxylation is 1. The van der Waals surface area contributed by atoms with Crippen molar-refractivity contribution in [1.29, 1.82) is 0 Å². The Bertz CT molecular complexity index is 1400. The van der Waals surface area contributed by atoms with E-state index in [4.69, 9.17) is 0 Å². The predicted octanol–water partition coefficient (Wildman–Crippen LogP) is 6.94. The number of hydrogen-bond acceptors (Lipinski definition) is 5. The molecular weight excluding hydrogens is 546 g/mol. The smallest absolute Gasteiger partial charge is 0.250 e. The van der Waals surface area contributed by atoms with Gasteiger partial charge in [0.15, 0.2) is 11.0 Å². The second-order valence-corrected chi connectivity index (χ2v) is 11.7. The maximum absolute atomic E-state index is 12.6. The summed E-state index contributed by atoms with van der Waals surface area (Å²) in [6, 6.07) is 24.4. The number of aromatic nitrogens is 3. The maximum Gasteiger partial charge on any atom is 0.250 e. The van der Waals surface area contributed by atoms with E-state index in [0.717, 1.165) is 32.8 Å². The second kappa shape index (κ2) is 11.4. The van der Waals surface area contributed by atoms with Gasteiger partial charge in [-0.3, -0.25) is 9.36 Å². The molecule has 0 unspecified atom stereocenters. The van der Waals surface area contributed by atoms with Crippen molar-refractivity contribution in [3.8, 4) is 17.1 Å². The molecule has 0 aliphatic carbocycles. The Balaban J connectivity index is 1.55. The molecule has 0 bridgehead atoms. The van der Waals surface area contributed by atoms with Crippen LogP contribution in [-0.4, -0.2) is 32.1 Å². The summed E-state index contributed by atoms with van der Waals surface area (Å²) >= 11 is 4.76. The van der Waals surface area contributed by atoms with Crippen LogP contribution in [0.4, 0.5) is 0 Å². The third kappa shape index (κ3) is 6.76. The minimum absolute atomic E-state index is 0.0652. The van der Waals surface area contributed by atoms with E-state index in [1.165, 1.54) is 22.9 Å². The van der Waals surface area contributed by atoms with Crippen molar-refractivity contribution in [3.05, 3.63) is 94.0 Å². The lowest BCUT2D eigenvalue weighted by Crippen LogP contribution is -2.21. The van der Waals surface area contributed by atoms with Gasteiger partial charge in [0.2, 0.25) is 0 Å². The normalized spacial score (nSPS) is 12.0. The van der Waals surface area contributed by atoms with Gasteiger partial charge in [-0.05, 0) is 54.7 Å². The number of hydrazone groups is 1. The van der Waals surface area contributed by atoms with Gasteiger partial charge in [-0.1, -0.05) is 103 Å². The summed E-state index contributed by atoms with van der Waals surface area (Å²) in [5.74, 6) is 0.677. The fraction of sp³-hybridized carbons (Fsp3) is 0.241. The first kappa shape index (κ1) is 26.8. The van der Waals surface area contributed by atoms with Crippen LogP contribution in [0.1, 0.15) is 44.4 Å². The van der Waals surface area contributed by atoms with Crippen LogP contribution in [0, 0.1) is 6.92 Å². The minimum Gasteiger partial charge on any atom is -0.272 e. The Kier molecular flexibility index (Phi) is 8.29. The molecule has 37 heavy (non-hydrogen) atoms. The van der Waals surface area contributed by atoms with E-state index in [1.807, 2.05) is 47.9 Å². The SMILES string of the molecule is CC(=NNC(=O)CSc1nnc(-c2ccc(C(C)(C)C)cc2)n1-c1ccc(C)cc1)c1ccc(Br)cc1. The lowest BCUT2D eigenvalue weighted by atomic mass is 9.87. The fourth-order valence-electron chi connectivity index (χ4n) is 3.66. The van der Waals surface area contributed by atoms with E-state index >= 15 is 0 Å². The molecule has 1 heterocycles. The van der Waals surface area contributed by atoms with E-state index in [-0.39, 0.29) is 17.1 Å². The lowest BCUT2D eigenvalue weighted by molar-refractivity contribution is -0.118. The maximum atomic E-state index is 12.6. The van der Waals surface area contributed by atoms with Gasteiger partial charge in [0, 0.05) is 15.7 Å². The van der Waals surface area contributed by atoms with Gasteiger partial charge in [0.05, 0.1) is 11.5 Å². The first-order valence-electron chi connectivity index (χ1n) is 12.0. The molecule has 6 nitrogen and oxygen atoms in total. The second-order valence-electron chi connectivity index (χ2n) is 9.83. The summed E-state index contributed by atoms with van der Waals surface area (Å²) < 4.78 is 2.99. The zero-order valence-corrected chi connectivity index (χ0v) is 24.0. The molecule has 0 spiro atoms. The highest BCUT2D eigenvalue weighted by atomic mass is 79.9. The Morgan fingerprint density at radius 1 is 0.973 bits per heavy atom. The molecule has 0 saturated carbocycles. The van der Waals surface area contributed by atoms with Crippen LogP contribution in [0.2, 0.25) is 0 Å². The number of halogens is 1. The summed E-state index contributed by atoms with van der Waals surface area (Å²) in [7, 11) is 0. The monoisotopic (exact) mass is 575 g/mol. The molecule has 0 radical (unpaired) electrons. The lowest BCUT2D eigenvalue weighted by Gasteiger charge is -2.19. The first-order chi connectivity index (χ1) is 17.6. The van der Waals surface area contributed by atoms with Crippen LogP contribution >= 0.6 is 27.7 Å². The van der Waals surface area contributed by atoms with Crippen molar-refractivity contribution < 1.29 is 4.79 Å². The molecule has 0 fully saturated rings. The summed E-state index contributed by atoms with van der Waals surface area (Å²) in [4.78, 5) is 12.6. The largest absolute Gasteiger partial charge is 0.272 e. The van der Waals surface area contributed by atoms with Gasteiger partial charge in [0.1, 0.15) is 0 Å². The Morgan fingerprint density at radius 2 is 1.62 bits per heavy atom. The number of thioether (sulfide) groups is 1. The van der Waals surface area contributed by atoms with Crippen molar-refractivity contribution >= 4 is 39.3 Å². The number of carbonyl (C=O) groups is 1. The number of amides is 1. The highest BCUT2D eigenvalue weighted by molar-refractivity contribution is 9.10. The van der Waals surface area contributed by atoms with Crippen LogP contribution in [0.25, 0.3) is 17.1 Å². The zero-order chi connectivity index (χ0) is 26.6. The zero-order valence-electron chi connectivity index (χ0n) is 21.6. The average molecular weight is 577 g/mol. The molecule has 4 aromatic rings. The predicted molar refractivity (Wildman–Crippen MR) is 155 cm³/mol. The quantitative estimate of drug-likeness (QED) is 0.147. The third-order valence-corrected chi connectivity index (χ3v) is 7.33. The summed E-state index contributed by atoms with van der Waals surface area (Å²) in [5, 5.41) is 13.8. The topological polar surface area (TPSA) is 72.2 Å². The van der Waals surface area contributed by atoms with Crippen LogP contribution in [-0.2, 0) is 10.2 Å². The van der Waals surface area contributed by atoms with E-state index in [9.17, 15) is 4.79 Å². The highest BCUT2D eigenvalue weighted by Gasteiger charge is 2.19.